The van der Waals surface area contributed by atoms with Crippen molar-refractivity contribution in [3.05, 3.63) is 52.0 Å². The van der Waals surface area contributed by atoms with Crippen LogP contribution in [-0.4, -0.2) is 79.5 Å². The lowest BCUT2D eigenvalue weighted by Crippen LogP contribution is -2.55. The highest BCUT2D eigenvalue weighted by Gasteiger charge is 2.39. The summed E-state index contributed by atoms with van der Waals surface area (Å²) in [5.74, 6) is 1.08. The number of morpholine rings is 1. The highest BCUT2D eigenvalue weighted by Crippen LogP contribution is 2.45. The van der Waals surface area contributed by atoms with Gasteiger partial charge in [0.05, 0.1) is 37.2 Å². The molecule has 10 nitrogen and oxygen atoms in total. The molecule has 2 aliphatic rings. The summed E-state index contributed by atoms with van der Waals surface area (Å²) in [5.41, 5.74) is 4.49. The first-order valence-electron chi connectivity index (χ1n) is 13.2. The molecule has 5 rings (SSSR count). The van der Waals surface area contributed by atoms with E-state index in [4.69, 9.17) is 29.5 Å². The van der Waals surface area contributed by atoms with Gasteiger partial charge in [0.1, 0.15) is 18.1 Å². The summed E-state index contributed by atoms with van der Waals surface area (Å²) in [4.78, 5) is 15.8. The SMILES string of the molecule is COCCCN/C=C(\C=N)c1cc2c(cc1OC)OCc1c(C(=O)N3CCOCC3(C)C)nn(-c3ccsc3)c1-2. The summed E-state index contributed by atoms with van der Waals surface area (Å²) < 4.78 is 24.5. The van der Waals surface area contributed by atoms with Crippen LogP contribution in [0.25, 0.3) is 22.5 Å². The molecule has 11 heteroatoms. The minimum atomic E-state index is -0.456. The molecule has 0 bridgehead atoms. The first-order valence-corrected chi connectivity index (χ1v) is 14.2. The van der Waals surface area contributed by atoms with Crippen LogP contribution < -0.4 is 14.8 Å². The second kappa shape index (κ2) is 11.8. The smallest absolute Gasteiger partial charge is 0.275 e. The number of nitrogens with one attached hydrogen (secondary N) is 2. The van der Waals surface area contributed by atoms with Gasteiger partial charge in [-0.1, -0.05) is 0 Å². The molecule has 0 saturated carbocycles. The molecule has 1 amide bonds. The summed E-state index contributed by atoms with van der Waals surface area (Å²) >= 11 is 1.56. The molecule has 40 heavy (non-hydrogen) atoms. The molecule has 212 valence electrons. The molecule has 2 aromatic heterocycles. The van der Waals surface area contributed by atoms with Crippen molar-refractivity contribution in [2.75, 3.05) is 47.1 Å². The maximum Gasteiger partial charge on any atom is 0.275 e. The first-order chi connectivity index (χ1) is 19.4. The van der Waals surface area contributed by atoms with Gasteiger partial charge in [-0.15, -0.1) is 0 Å². The fourth-order valence-electron chi connectivity index (χ4n) is 5.07. The van der Waals surface area contributed by atoms with Gasteiger partial charge in [-0.05, 0) is 37.8 Å². The maximum absolute atomic E-state index is 14.0. The van der Waals surface area contributed by atoms with Crippen molar-refractivity contribution in [3.63, 3.8) is 0 Å². The number of carbonyl (C=O) groups excluding carboxylic acids is 1. The number of thiophene rings is 1. The average Bonchev–Trinajstić information content (AvgIpc) is 3.62. The van der Waals surface area contributed by atoms with E-state index in [1.54, 1.807) is 25.6 Å². The summed E-state index contributed by atoms with van der Waals surface area (Å²) in [5, 5.41) is 20.3. The molecule has 0 spiro atoms. The van der Waals surface area contributed by atoms with E-state index in [0.29, 0.717) is 55.7 Å². The van der Waals surface area contributed by atoms with Crippen LogP contribution in [0.15, 0.2) is 35.2 Å². The fraction of sp³-hybridized carbons (Fsp3) is 0.414. The van der Waals surface area contributed by atoms with Crippen LogP contribution in [0.5, 0.6) is 11.5 Å². The largest absolute Gasteiger partial charge is 0.496 e. The summed E-state index contributed by atoms with van der Waals surface area (Å²) in [6.45, 7) is 7.02. The third-order valence-corrected chi connectivity index (χ3v) is 7.82. The van der Waals surface area contributed by atoms with Crippen molar-refractivity contribution < 1.29 is 23.7 Å². The lowest BCUT2D eigenvalue weighted by atomic mass is 9.95. The molecule has 0 aliphatic carbocycles. The Morgan fingerprint density at radius 1 is 1.32 bits per heavy atom. The number of amides is 1. The number of rotatable bonds is 10. The van der Waals surface area contributed by atoms with E-state index in [0.717, 1.165) is 34.5 Å². The van der Waals surface area contributed by atoms with Crippen molar-refractivity contribution in [2.45, 2.75) is 32.4 Å². The van der Waals surface area contributed by atoms with Gasteiger partial charge < -0.3 is 34.6 Å². The van der Waals surface area contributed by atoms with Gasteiger partial charge in [-0.3, -0.25) is 4.79 Å². The molecular formula is C29H35N5O5S. The van der Waals surface area contributed by atoms with Crippen LogP contribution in [0.3, 0.4) is 0 Å². The average molecular weight is 566 g/mol. The summed E-state index contributed by atoms with van der Waals surface area (Å²) in [6.07, 6.45) is 3.94. The van der Waals surface area contributed by atoms with Gasteiger partial charge in [0.15, 0.2) is 5.69 Å². The highest BCUT2D eigenvalue weighted by atomic mass is 32.1. The Kier molecular flexibility index (Phi) is 8.24. The molecule has 2 aliphatic heterocycles. The van der Waals surface area contributed by atoms with Crippen LogP contribution in [0.4, 0.5) is 0 Å². The molecule has 2 N–H and O–H groups in total. The van der Waals surface area contributed by atoms with Crippen molar-refractivity contribution in [1.29, 1.82) is 5.41 Å². The number of allylic oxidation sites excluding steroid dienone is 1. The number of benzene rings is 1. The third kappa shape index (κ3) is 5.24. The topological polar surface area (TPSA) is 111 Å². The van der Waals surface area contributed by atoms with E-state index < -0.39 is 5.54 Å². The Balaban J connectivity index is 1.62. The summed E-state index contributed by atoms with van der Waals surface area (Å²) in [7, 11) is 3.28. The molecule has 1 fully saturated rings. The Morgan fingerprint density at radius 2 is 2.17 bits per heavy atom. The molecular weight excluding hydrogens is 530 g/mol. The number of methoxy groups -OCH3 is 2. The van der Waals surface area contributed by atoms with Gasteiger partial charge >= 0.3 is 0 Å². The first kappa shape index (κ1) is 27.9. The predicted octanol–water partition coefficient (Wildman–Crippen LogP) is 4.37. The second-order valence-electron chi connectivity index (χ2n) is 10.3. The van der Waals surface area contributed by atoms with E-state index in [1.807, 2.05) is 58.6 Å². The monoisotopic (exact) mass is 565 g/mol. The predicted molar refractivity (Wildman–Crippen MR) is 155 cm³/mol. The van der Waals surface area contributed by atoms with E-state index in [1.165, 1.54) is 6.21 Å². The lowest BCUT2D eigenvalue weighted by Gasteiger charge is -2.41. The molecule has 1 saturated heterocycles. The Hall–Kier alpha value is -3.67. The van der Waals surface area contributed by atoms with Crippen molar-refractivity contribution >= 4 is 29.0 Å². The minimum Gasteiger partial charge on any atom is -0.496 e. The van der Waals surface area contributed by atoms with Gasteiger partial charge in [0.25, 0.3) is 5.91 Å². The molecule has 0 unspecified atom stereocenters. The zero-order valence-electron chi connectivity index (χ0n) is 23.3. The van der Waals surface area contributed by atoms with Crippen molar-refractivity contribution in [2.24, 2.45) is 0 Å². The van der Waals surface area contributed by atoms with Gasteiger partial charge in [-0.2, -0.15) is 16.4 Å². The van der Waals surface area contributed by atoms with Crippen LogP contribution in [0.1, 0.15) is 41.9 Å². The number of aromatic nitrogens is 2. The van der Waals surface area contributed by atoms with Crippen LogP contribution in [-0.2, 0) is 16.1 Å². The number of hydrogen-bond acceptors (Lipinski definition) is 9. The third-order valence-electron chi connectivity index (χ3n) is 7.15. The Morgan fingerprint density at radius 3 is 2.88 bits per heavy atom. The molecule has 1 aromatic carbocycles. The maximum atomic E-state index is 14.0. The number of fused-ring (bicyclic) bond motifs is 3. The number of carbonyl (C=O) groups is 1. The number of hydrogen-bond donors (Lipinski definition) is 2. The normalized spacial score (nSPS) is 16.1. The van der Waals surface area contributed by atoms with E-state index >= 15 is 0 Å². The van der Waals surface area contributed by atoms with E-state index in [-0.39, 0.29) is 12.5 Å². The standard InChI is InChI=1S/C29H35N5O5S/c1-29(2)18-38-10-8-33(29)28(35)26-23-16-39-25-13-24(37-4)21(19(14-30)15-31-7-5-9-36-3)12-22(25)27(23)34(32-26)20-6-11-40-17-20/h6,11-15,17,30-31H,5,7-10,16,18H2,1-4H3/b19-15+,30-14?. The van der Waals surface area contributed by atoms with E-state index in [9.17, 15) is 4.79 Å². The molecule has 3 aromatic rings. The highest BCUT2D eigenvalue weighted by molar-refractivity contribution is 7.08. The van der Waals surface area contributed by atoms with Crippen molar-refractivity contribution in [3.8, 4) is 28.4 Å². The second-order valence-corrected chi connectivity index (χ2v) is 11.1. The number of nitrogens with zero attached hydrogens (tertiary/aromatic N) is 3. The quantitative estimate of drug-likeness (QED) is 0.277. The number of ether oxygens (including phenoxy) is 4. The Bertz CT molecular complexity index is 1410. The van der Waals surface area contributed by atoms with Crippen LogP contribution in [0.2, 0.25) is 0 Å². The molecule has 0 atom stereocenters. The fourth-order valence-corrected chi connectivity index (χ4v) is 5.69. The molecule has 0 radical (unpaired) electrons. The van der Waals surface area contributed by atoms with Gasteiger partial charge in [0.2, 0.25) is 0 Å². The zero-order chi connectivity index (χ0) is 28.3. The lowest BCUT2D eigenvalue weighted by molar-refractivity contribution is -0.0374. The van der Waals surface area contributed by atoms with Gasteiger partial charge in [-0.25, -0.2) is 4.68 Å². The Labute approximate surface area is 238 Å². The van der Waals surface area contributed by atoms with Crippen LogP contribution >= 0.6 is 11.3 Å². The van der Waals surface area contributed by atoms with Crippen molar-refractivity contribution in [1.82, 2.24) is 20.0 Å². The van der Waals surface area contributed by atoms with E-state index in [2.05, 4.69) is 5.32 Å². The van der Waals surface area contributed by atoms with Crippen LogP contribution in [0, 0.1) is 5.41 Å². The molecule has 4 heterocycles. The minimum absolute atomic E-state index is 0.139. The zero-order valence-corrected chi connectivity index (χ0v) is 24.1. The van der Waals surface area contributed by atoms with Gasteiger partial charge in [0, 0.05) is 72.9 Å². The summed E-state index contributed by atoms with van der Waals surface area (Å²) in [6, 6.07) is 5.78.